The normalized spacial score (nSPS) is 12.4. The van der Waals surface area contributed by atoms with Crippen LogP contribution in [0.4, 0.5) is 0 Å². The molecule has 0 aliphatic carbocycles. The van der Waals surface area contributed by atoms with Gasteiger partial charge in [0.05, 0.1) is 11.8 Å². The van der Waals surface area contributed by atoms with Crippen molar-refractivity contribution in [2.75, 3.05) is 0 Å². The number of aliphatic carboxylic acids is 1. The average molecular weight is 174 g/mol. The van der Waals surface area contributed by atoms with Crippen molar-refractivity contribution in [1.82, 2.24) is 0 Å². The van der Waals surface area contributed by atoms with Crippen molar-refractivity contribution in [3.8, 4) is 0 Å². The minimum atomic E-state index is -0.907. The molecule has 64 valence electrons. The second-order valence-electron chi connectivity index (χ2n) is 2.33. The Morgan fingerprint density at radius 3 is 2.82 bits per heavy atom. The molecule has 0 amide bonds. The molecule has 1 N–H and O–H groups in total. The predicted molar refractivity (Wildman–Crippen MR) is 46.1 cm³/mol. The highest BCUT2D eigenvalue weighted by atomic mass is 28.2. The third-order valence-corrected chi connectivity index (χ3v) is 2.61. The van der Waals surface area contributed by atoms with Crippen LogP contribution in [0.1, 0.15) is 20.3 Å². The second-order valence-corrected chi connectivity index (χ2v) is 3.78. The van der Waals surface area contributed by atoms with Gasteiger partial charge in [0.1, 0.15) is 0 Å². The summed E-state index contributed by atoms with van der Waals surface area (Å²) in [5, 5.41) is 8.41. The fourth-order valence-electron chi connectivity index (χ4n) is 0.462. The van der Waals surface area contributed by atoms with Crippen molar-refractivity contribution in [2.45, 2.75) is 26.3 Å². The fraction of sp³-hybridized carbons (Fsp3) is 0.571. The molecule has 0 unspecified atom stereocenters. The molecule has 0 saturated heterocycles. The van der Waals surface area contributed by atoms with Gasteiger partial charge in [0.15, 0.2) is 0 Å². The van der Waals surface area contributed by atoms with Crippen LogP contribution in [0.2, 0.25) is 6.04 Å². The third-order valence-electron chi connectivity index (χ3n) is 1.21. The van der Waals surface area contributed by atoms with Crippen molar-refractivity contribution < 1.29 is 14.3 Å². The standard InChI is InChI=1S/C7H14O3Si/c1-3-4-11-10-5-6(2)7(8)9/h5H,3-4,11H2,1-2H3,(H,8,9). The van der Waals surface area contributed by atoms with E-state index in [0.717, 1.165) is 12.5 Å². The van der Waals surface area contributed by atoms with Crippen LogP contribution in [0.3, 0.4) is 0 Å². The van der Waals surface area contributed by atoms with Gasteiger partial charge in [0.25, 0.3) is 0 Å². The monoisotopic (exact) mass is 174 g/mol. The minimum Gasteiger partial charge on any atom is -0.554 e. The molecule has 0 saturated carbocycles. The Labute approximate surface area is 69.0 Å². The summed E-state index contributed by atoms with van der Waals surface area (Å²) in [7, 11) is -0.503. The molecule has 0 rings (SSSR count). The second kappa shape index (κ2) is 5.97. The van der Waals surface area contributed by atoms with E-state index in [-0.39, 0.29) is 5.57 Å². The Bertz CT molecular complexity index is 154. The molecule has 0 fully saturated rings. The van der Waals surface area contributed by atoms with E-state index in [1.807, 2.05) is 0 Å². The maximum Gasteiger partial charge on any atom is 0.334 e. The first kappa shape index (κ1) is 10.2. The molecular weight excluding hydrogens is 160 g/mol. The van der Waals surface area contributed by atoms with Crippen LogP contribution in [-0.2, 0) is 9.22 Å². The zero-order valence-electron chi connectivity index (χ0n) is 6.96. The van der Waals surface area contributed by atoms with Crippen LogP contribution >= 0.6 is 0 Å². The lowest BCUT2D eigenvalue weighted by Gasteiger charge is -1.98. The molecule has 3 nitrogen and oxygen atoms in total. The van der Waals surface area contributed by atoms with Crippen LogP contribution < -0.4 is 0 Å². The SMILES string of the molecule is CCC[SiH2]OC=C(C)C(=O)O. The number of hydrogen-bond donors (Lipinski definition) is 1. The molecule has 0 aromatic rings. The van der Waals surface area contributed by atoms with Crippen molar-refractivity contribution in [1.29, 1.82) is 0 Å². The zero-order valence-corrected chi connectivity index (χ0v) is 8.38. The highest BCUT2D eigenvalue weighted by molar-refractivity contribution is 6.27. The van der Waals surface area contributed by atoms with Gasteiger partial charge in [0.2, 0.25) is 9.76 Å². The summed E-state index contributed by atoms with van der Waals surface area (Å²) in [5.41, 5.74) is 0.272. The summed E-state index contributed by atoms with van der Waals surface area (Å²) >= 11 is 0. The Morgan fingerprint density at radius 2 is 2.36 bits per heavy atom. The zero-order chi connectivity index (χ0) is 8.69. The Kier molecular flexibility index (Phi) is 5.55. The molecule has 0 radical (unpaired) electrons. The van der Waals surface area contributed by atoms with Crippen molar-refractivity contribution in [3.05, 3.63) is 11.8 Å². The number of hydrogen-bond acceptors (Lipinski definition) is 2. The molecule has 0 atom stereocenters. The maximum atomic E-state index is 10.2. The van der Waals surface area contributed by atoms with E-state index in [0.29, 0.717) is 0 Å². The van der Waals surface area contributed by atoms with Gasteiger partial charge in [-0.05, 0) is 13.0 Å². The van der Waals surface area contributed by atoms with Crippen molar-refractivity contribution in [2.24, 2.45) is 0 Å². The summed E-state index contributed by atoms with van der Waals surface area (Å²) in [6.45, 7) is 3.62. The summed E-state index contributed by atoms with van der Waals surface area (Å²) < 4.78 is 5.09. The van der Waals surface area contributed by atoms with Crippen molar-refractivity contribution >= 4 is 15.7 Å². The first-order valence-electron chi connectivity index (χ1n) is 3.70. The smallest absolute Gasteiger partial charge is 0.334 e. The summed E-state index contributed by atoms with van der Waals surface area (Å²) in [6, 6.07) is 1.10. The molecule has 0 aliphatic rings. The molecule has 0 aromatic carbocycles. The van der Waals surface area contributed by atoms with Crippen molar-refractivity contribution in [3.63, 3.8) is 0 Å². The molecule has 0 bridgehead atoms. The summed E-state index contributed by atoms with van der Waals surface area (Å²) in [4.78, 5) is 10.2. The highest BCUT2D eigenvalue weighted by Gasteiger charge is 1.97. The molecule has 0 aromatic heterocycles. The Balaban J connectivity index is 3.48. The molecule has 0 aliphatic heterocycles. The van der Waals surface area contributed by atoms with Crippen LogP contribution in [0.15, 0.2) is 11.8 Å². The molecule has 0 spiro atoms. The number of rotatable bonds is 5. The first-order valence-corrected chi connectivity index (χ1v) is 5.28. The lowest BCUT2D eigenvalue weighted by molar-refractivity contribution is -0.132. The molecule has 11 heavy (non-hydrogen) atoms. The quantitative estimate of drug-likeness (QED) is 0.291. The molecule has 4 heteroatoms. The van der Waals surface area contributed by atoms with E-state index >= 15 is 0 Å². The van der Waals surface area contributed by atoms with E-state index in [2.05, 4.69) is 6.92 Å². The summed E-state index contributed by atoms with van der Waals surface area (Å²) in [5.74, 6) is -0.907. The lowest BCUT2D eigenvalue weighted by atomic mass is 10.4. The maximum absolute atomic E-state index is 10.2. The average Bonchev–Trinajstić information content (AvgIpc) is 1.97. The van der Waals surface area contributed by atoms with Gasteiger partial charge < -0.3 is 9.53 Å². The largest absolute Gasteiger partial charge is 0.554 e. The van der Waals surface area contributed by atoms with Crippen LogP contribution in [-0.4, -0.2) is 20.8 Å². The molecular formula is C7H14O3Si. The third kappa shape index (κ3) is 5.66. The Hall–Kier alpha value is -0.773. The van der Waals surface area contributed by atoms with E-state index < -0.39 is 15.7 Å². The van der Waals surface area contributed by atoms with E-state index in [1.54, 1.807) is 0 Å². The van der Waals surface area contributed by atoms with Gasteiger partial charge >= 0.3 is 5.97 Å². The molecule has 0 heterocycles. The summed E-state index contributed by atoms with van der Waals surface area (Å²) in [6.07, 6.45) is 2.47. The van der Waals surface area contributed by atoms with Gasteiger partial charge in [-0.15, -0.1) is 0 Å². The van der Waals surface area contributed by atoms with Crippen LogP contribution in [0, 0.1) is 0 Å². The van der Waals surface area contributed by atoms with Gasteiger partial charge in [-0.2, -0.15) is 0 Å². The highest BCUT2D eigenvalue weighted by Crippen LogP contribution is 1.93. The minimum absolute atomic E-state index is 0.272. The lowest BCUT2D eigenvalue weighted by Crippen LogP contribution is -1.98. The van der Waals surface area contributed by atoms with Crippen LogP contribution in [0.5, 0.6) is 0 Å². The topological polar surface area (TPSA) is 46.5 Å². The first-order chi connectivity index (χ1) is 5.18. The van der Waals surface area contributed by atoms with Gasteiger partial charge in [-0.25, -0.2) is 4.79 Å². The van der Waals surface area contributed by atoms with E-state index in [9.17, 15) is 4.79 Å². The number of carboxylic acids is 1. The number of carboxylic acid groups (broad SMARTS) is 1. The number of carbonyl (C=O) groups is 1. The van der Waals surface area contributed by atoms with E-state index in [4.69, 9.17) is 9.53 Å². The van der Waals surface area contributed by atoms with Gasteiger partial charge in [-0.1, -0.05) is 13.3 Å². The predicted octanol–water partition coefficient (Wildman–Crippen LogP) is 0.903. The Morgan fingerprint density at radius 1 is 1.73 bits per heavy atom. The van der Waals surface area contributed by atoms with Gasteiger partial charge in [-0.3, -0.25) is 0 Å². The fourth-order valence-corrected chi connectivity index (χ4v) is 1.29. The van der Waals surface area contributed by atoms with E-state index in [1.165, 1.54) is 13.2 Å². The van der Waals surface area contributed by atoms with Crippen LogP contribution in [0.25, 0.3) is 0 Å². The van der Waals surface area contributed by atoms with Gasteiger partial charge in [0, 0.05) is 0 Å².